The zero-order valence-electron chi connectivity index (χ0n) is 8.87. The van der Waals surface area contributed by atoms with Crippen LogP contribution in [-0.2, 0) is 0 Å². The quantitative estimate of drug-likeness (QED) is 0.646. The van der Waals surface area contributed by atoms with Crippen LogP contribution in [0.25, 0.3) is 22.2 Å². The molecule has 1 nitrogen and oxygen atoms in total. The molecule has 0 unspecified atom stereocenters. The van der Waals surface area contributed by atoms with Crippen molar-refractivity contribution >= 4 is 10.9 Å². The van der Waals surface area contributed by atoms with Crippen molar-refractivity contribution in [1.82, 2.24) is 4.98 Å². The predicted molar refractivity (Wildman–Crippen MR) is 63.7 cm³/mol. The van der Waals surface area contributed by atoms with Crippen LogP contribution in [0.1, 0.15) is 0 Å². The Bertz CT molecular complexity index is 668. The van der Waals surface area contributed by atoms with Gasteiger partial charge in [-0.25, -0.2) is 8.78 Å². The minimum Gasteiger partial charge on any atom is -0.352 e. The third-order valence-electron chi connectivity index (χ3n) is 2.76. The van der Waals surface area contributed by atoms with Gasteiger partial charge in [0, 0.05) is 11.1 Å². The highest BCUT2D eigenvalue weighted by atomic mass is 19.1. The number of hydrogen-bond acceptors (Lipinski definition) is 0. The summed E-state index contributed by atoms with van der Waals surface area (Å²) in [5, 5.41) is 0.810. The van der Waals surface area contributed by atoms with Gasteiger partial charge in [0.2, 0.25) is 0 Å². The minimum atomic E-state index is -0.282. The van der Waals surface area contributed by atoms with Crippen LogP contribution in [0.15, 0.2) is 48.5 Å². The van der Waals surface area contributed by atoms with Gasteiger partial charge < -0.3 is 4.98 Å². The van der Waals surface area contributed by atoms with Gasteiger partial charge in [-0.05, 0) is 42.0 Å². The van der Waals surface area contributed by atoms with E-state index in [1.807, 2.05) is 12.1 Å². The third-order valence-corrected chi connectivity index (χ3v) is 2.76. The molecule has 1 aromatic heterocycles. The molecule has 3 heteroatoms. The number of halogens is 2. The van der Waals surface area contributed by atoms with Crippen molar-refractivity contribution in [2.45, 2.75) is 0 Å². The molecule has 2 aromatic carbocycles. The van der Waals surface area contributed by atoms with Crippen LogP contribution in [0.4, 0.5) is 8.78 Å². The highest BCUT2D eigenvalue weighted by Crippen LogP contribution is 2.25. The molecular weight excluding hydrogens is 220 g/mol. The van der Waals surface area contributed by atoms with Crippen LogP contribution in [0.2, 0.25) is 0 Å². The Morgan fingerprint density at radius 2 is 1.65 bits per heavy atom. The molecule has 0 spiro atoms. The number of nitrogens with one attached hydrogen (secondary N) is 1. The van der Waals surface area contributed by atoms with Crippen LogP contribution in [-0.4, -0.2) is 4.98 Å². The molecule has 0 saturated heterocycles. The molecule has 0 amide bonds. The molecule has 84 valence electrons. The summed E-state index contributed by atoms with van der Waals surface area (Å²) in [6.07, 6.45) is 0. The number of fused-ring (bicyclic) bond motifs is 1. The summed E-state index contributed by atoms with van der Waals surface area (Å²) in [5.74, 6) is -0.563. The van der Waals surface area contributed by atoms with E-state index in [4.69, 9.17) is 0 Å². The zero-order valence-corrected chi connectivity index (χ0v) is 8.87. The van der Waals surface area contributed by atoms with Gasteiger partial charge >= 0.3 is 0 Å². The number of H-pyrrole nitrogens is 1. The van der Waals surface area contributed by atoms with Crippen molar-refractivity contribution in [3.8, 4) is 11.3 Å². The monoisotopic (exact) mass is 229 g/mol. The molecule has 17 heavy (non-hydrogen) atoms. The van der Waals surface area contributed by atoms with Crippen LogP contribution in [0.5, 0.6) is 0 Å². The first-order valence-electron chi connectivity index (χ1n) is 5.27. The Balaban J connectivity index is 2.18. The zero-order chi connectivity index (χ0) is 11.8. The molecule has 3 rings (SSSR count). The first-order chi connectivity index (χ1) is 8.24. The van der Waals surface area contributed by atoms with Gasteiger partial charge in [0.25, 0.3) is 0 Å². The maximum Gasteiger partial charge on any atom is 0.147 e. The van der Waals surface area contributed by atoms with E-state index in [-0.39, 0.29) is 11.6 Å². The number of aromatic nitrogens is 1. The maximum absolute atomic E-state index is 13.5. The lowest BCUT2D eigenvalue weighted by Gasteiger charge is -1.96. The molecule has 0 aliphatic rings. The van der Waals surface area contributed by atoms with Crippen molar-refractivity contribution < 1.29 is 8.78 Å². The fraction of sp³-hybridized carbons (Fsp3) is 0. The topological polar surface area (TPSA) is 15.8 Å². The molecule has 0 saturated carbocycles. The smallest absolute Gasteiger partial charge is 0.147 e. The van der Waals surface area contributed by atoms with Gasteiger partial charge in [0.1, 0.15) is 11.6 Å². The molecular formula is C14H9F2N. The molecule has 0 radical (unpaired) electrons. The predicted octanol–water partition coefficient (Wildman–Crippen LogP) is 4.11. The second kappa shape index (κ2) is 3.70. The van der Waals surface area contributed by atoms with E-state index in [0.717, 1.165) is 16.6 Å². The van der Waals surface area contributed by atoms with E-state index < -0.39 is 0 Å². The molecule has 0 bridgehead atoms. The van der Waals surface area contributed by atoms with Crippen molar-refractivity contribution in [2.75, 3.05) is 0 Å². The number of rotatable bonds is 1. The van der Waals surface area contributed by atoms with Crippen LogP contribution < -0.4 is 0 Å². The SMILES string of the molecule is Fc1ccc(-c2cc3cccc(F)c3[nH]2)cc1. The highest BCUT2D eigenvalue weighted by molar-refractivity contribution is 5.86. The van der Waals surface area contributed by atoms with Crippen molar-refractivity contribution in [3.63, 3.8) is 0 Å². The first-order valence-corrected chi connectivity index (χ1v) is 5.27. The Morgan fingerprint density at radius 3 is 2.35 bits per heavy atom. The van der Waals surface area contributed by atoms with Crippen molar-refractivity contribution in [2.24, 2.45) is 0 Å². The Labute approximate surface area is 96.7 Å². The van der Waals surface area contributed by atoms with E-state index in [1.165, 1.54) is 18.2 Å². The average Bonchev–Trinajstić information content (AvgIpc) is 2.75. The van der Waals surface area contributed by atoms with Gasteiger partial charge in [-0.15, -0.1) is 0 Å². The van der Waals surface area contributed by atoms with Gasteiger partial charge in [-0.1, -0.05) is 12.1 Å². The second-order valence-electron chi connectivity index (χ2n) is 3.89. The van der Waals surface area contributed by atoms with Gasteiger partial charge in [0.15, 0.2) is 0 Å². The second-order valence-corrected chi connectivity index (χ2v) is 3.89. The molecule has 0 fully saturated rings. The molecule has 0 atom stereocenters. The summed E-state index contributed by atoms with van der Waals surface area (Å²) in [6.45, 7) is 0. The first kappa shape index (κ1) is 10.0. The van der Waals surface area contributed by atoms with Gasteiger partial charge in [-0.2, -0.15) is 0 Å². The number of hydrogen-bond donors (Lipinski definition) is 1. The Hall–Kier alpha value is -2.16. The van der Waals surface area contributed by atoms with Crippen LogP contribution in [0, 0.1) is 11.6 Å². The van der Waals surface area contributed by atoms with E-state index in [9.17, 15) is 8.78 Å². The van der Waals surface area contributed by atoms with Crippen molar-refractivity contribution in [1.29, 1.82) is 0 Å². The fourth-order valence-corrected chi connectivity index (χ4v) is 1.90. The van der Waals surface area contributed by atoms with E-state index >= 15 is 0 Å². The van der Waals surface area contributed by atoms with Crippen LogP contribution >= 0.6 is 0 Å². The van der Waals surface area contributed by atoms with E-state index in [1.54, 1.807) is 18.2 Å². The summed E-state index contributed by atoms with van der Waals surface area (Å²) in [5.41, 5.74) is 2.10. The molecule has 0 aliphatic heterocycles. The van der Waals surface area contributed by atoms with E-state index in [2.05, 4.69) is 4.98 Å². The molecule has 3 aromatic rings. The summed E-state index contributed by atoms with van der Waals surface area (Å²) in [7, 11) is 0. The number of para-hydroxylation sites is 1. The lowest BCUT2D eigenvalue weighted by atomic mass is 10.1. The normalized spacial score (nSPS) is 10.9. The Morgan fingerprint density at radius 1 is 0.882 bits per heavy atom. The summed E-state index contributed by atoms with van der Waals surface area (Å²) in [4.78, 5) is 3.00. The fourth-order valence-electron chi connectivity index (χ4n) is 1.90. The lowest BCUT2D eigenvalue weighted by Crippen LogP contribution is -1.79. The summed E-state index contributed by atoms with van der Waals surface area (Å²) in [6, 6.07) is 12.9. The summed E-state index contributed by atoms with van der Waals surface area (Å²) < 4.78 is 26.3. The van der Waals surface area contributed by atoms with Crippen LogP contribution in [0.3, 0.4) is 0 Å². The van der Waals surface area contributed by atoms with Gasteiger partial charge in [0.05, 0.1) is 5.52 Å². The van der Waals surface area contributed by atoms with Crippen molar-refractivity contribution in [3.05, 3.63) is 60.2 Å². The highest BCUT2D eigenvalue weighted by Gasteiger charge is 2.06. The number of benzene rings is 2. The molecule has 1 N–H and O–H groups in total. The standard InChI is InChI=1S/C14H9F2N/c15-11-6-4-9(5-7-11)13-8-10-2-1-3-12(16)14(10)17-13/h1-8,17H. The largest absolute Gasteiger partial charge is 0.352 e. The Kier molecular flexibility index (Phi) is 2.18. The van der Waals surface area contributed by atoms with Gasteiger partial charge in [-0.3, -0.25) is 0 Å². The summed E-state index contributed by atoms with van der Waals surface area (Å²) >= 11 is 0. The average molecular weight is 229 g/mol. The third kappa shape index (κ3) is 1.69. The van der Waals surface area contributed by atoms with E-state index in [0.29, 0.717) is 5.52 Å². The minimum absolute atomic E-state index is 0.281. The number of aromatic amines is 1. The molecule has 1 heterocycles. The lowest BCUT2D eigenvalue weighted by molar-refractivity contribution is 0.628. The molecule has 0 aliphatic carbocycles. The maximum atomic E-state index is 13.5.